The van der Waals surface area contributed by atoms with E-state index in [4.69, 9.17) is 23.7 Å². The summed E-state index contributed by atoms with van der Waals surface area (Å²) in [6.07, 6.45) is 38.8. The maximum absolute atomic E-state index is 13.1. The van der Waals surface area contributed by atoms with Crippen molar-refractivity contribution < 1.29 is 58.2 Å². The maximum atomic E-state index is 13.1. The minimum atomic E-state index is -1.90. The fourth-order valence-electron chi connectivity index (χ4n) is 8.58. The Labute approximate surface area is 419 Å². The molecule has 0 aromatic rings. The van der Waals surface area contributed by atoms with Gasteiger partial charge in [-0.1, -0.05) is 206 Å². The summed E-state index contributed by atoms with van der Waals surface area (Å²) >= 11 is 0. The molecule has 0 aromatic carbocycles. The van der Waals surface area contributed by atoms with Crippen molar-refractivity contribution in [3.05, 3.63) is 24.3 Å². The molecule has 6 unspecified atom stereocenters. The van der Waals surface area contributed by atoms with Crippen LogP contribution < -0.4 is 0 Å². The molecule has 0 radical (unpaired) electrons. The second-order valence-electron chi connectivity index (χ2n) is 19.6. The smallest absolute Gasteiger partial charge is 0.335 e. The lowest BCUT2D eigenvalue weighted by molar-refractivity contribution is -0.301. The molecule has 1 rings (SSSR count). The lowest BCUT2D eigenvalue weighted by atomic mass is 9.98. The predicted octanol–water partition coefficient (Wildman–Crippen LogP) is 13.9. The molecule has 0 bridgehead atoms. The van der Waals surface area contributed by atoms with Crippen molar-refractivity contribution in [3.8, 4) is 0 Å². The van der Waals surface area contributed by atoms with E-state index in [9.17, 15) is 34.5 Å². The highest BCUT2D eigenvalue weighted by atomic mass is 16.7. The van der Waals surface area contributed by atoms with E-state index in [0.29, 0.717) is 19.3 Å². The van der Waals surface area contributed by atoms with Crippen LogP contribution in [0.4, 0.5) is 0 Å². The van der Waals surface area contributed by atoms with Crippen LogP contribution in [0, 0.1) is 0 Å². The first-order chi connectivity index (χ1) is 33.6. The van der Waals surface area contributed by atoms with Crippen LogP contribution in [0.5, 0.6) is 0 Å². The number of aliphatic carboxylic acids is 1. The first-order valence-corrected chi connectivity index (χ1v) is 28.3. The first-order valence-electron chi connectivity index (χ1n) is 28.3. The van der Waals surface area contributed by atoms with Gasteiger partial charge in [0.15, 0.2) is 24.6 Å². The standard InChI is InChI=1S/C57H102O12/c1-4-7-10-13-16-19-22-23-24-25-26-27-30-31-34-37-40-43-49(58)65-46-48(67-50(59)44-41-38-35-32-28-20-17-14-11-8-5-2)47-66-57-55(53(62)52(61)54(69-57)56(63)64)68-51(60)45-42-39-36-33-29-21-18-15-12-9-6-3/h15,18,23-24,48,52-55,57,61-62H,4-14,16-17,19-22,25-47H2,1-3H3,(H,63,64)/b18-15-,24-23-. The molecule has 0 saturated carbocycles. The summed E-state index contributed by atoms with van der Waals surface area (Å²) in [6.45, 7) is 5.93. The molecule has 1 aliphatic rings. The van der Waals surface area contributed by atoms with E-state index in [2.05, 4.69) is 45.1 Å². The monoisotopic (exact) mass is 979 g/mol. The van der Waals surface area contributed by atoms with Gasteiger partial charge >= 0.3 is 23.9 Å². The molecule has 12 heteroatoms. The molecular weight excluding hydrogens is 877 g/mol. The van der Waals surface area contributed by atoms with Crippen molar-refractivity contribution in [2.45, 2.75) is 302 Å². The quantitative estimate of drug-likeness (QED) is 0.0228. The molecule has 402 valence electrons. The van der Waals surface area contributed by atoms with Gasteiger partial charge in [0.2, 0.25) is 0 Å². The van der Waals surface area contributed by atoms with E-state index in [1.807, 2.05) is 0 Å². The Morgan fingerprint density at radius 2 is 0.841 bits per heavy atom. The van der Waals surface area contributed by atoms with Crippen molar-refractivity contribution in [3.63, 3.8) is 0 Å². The van der Waals surface area contributed by atoms with Gasteiger partial charge in [-0.05, 0) is 64.2 Å². The number of carbonyl (C=O) groups is 4. The van der Waals surface area contributed by atoms with E-state index < -0.39 is 67.3 Å². The summed E-state index contributed by atoms with van der Waals surface area (Å²) in [5, 5.41) is 31.3. The number of carboxylic acids is 1. The van der Waals surface area contributed by atoms with Crippen molar-refractivity contribution in [1.82, 2.24) is 0 Å². The van der Waals surface area contributed by atoms with Crippen molar-refractivity contribution >= 4 is 23.9 Å². The van der Waals surface area contributed by atoms with Gasteiger partial charge in [0, 0.05) is 19.3 Å². The van der Waals surface area contributed by atoms with Crippen molar-refractivity contribution in [2.24, 2.45) is 0 Å². The van der Waals surface area contributed by atoms with Gasteiger partial charge in [-0.25, -0.2) is 4.79 Å². The predicted molar refractivity (Wildman–Crippen MR) is 276 cm³/mol. The molecule has 1 heterocycles. The Kier molecular flexibility index (Phi) is 43.1. The molecule has 3 N–H and O–H groups in total. The molecule has 1 aliphatic heterocycles. The minimum absolute atomic E-state index is 0.0534. The van der Waals surface area contributed by atoms with Crippen LogP contribution in [0.3, 0.4) is 0 Å². The fourth-order valence-corrected chi connectivity index (χ4v) is 8.58. The van der Waals surface area contributed by atoms with Gasteiger partial charge in [-0.15, -0.1) is 0 Å². The number of rotatable bonds is 48. The maximum Gasteiger partial charge on any atom is 0.335 e. The normalized spacial score (nSPS) is 18.8. The topological polar surface area (TPSA) is 175 Å². The second-order valence-corrected chi connectivity index (χ2v) is 19.6. The van der Waals surface area contributed by atoms with E-state index in [1.165, 1.54) is 122 Å². The van der Waals surface area contributed by atoms with Gasteiger partial charge in [0.25, 0.3) is 0 Å². The number of carboxylic acid groups (broad SMARTS) is 1. The highest BCUT2D eigenvalue weighted by Gasteiger charge is 2.50. The van der Waals surface area contributed by atoms with Crippen molar-refractivity contribution in [1.29, 1.82) is 0 Å². The number of unbranched alkanes of at least 4 members (excludes halogenated alkanes) is 30. The largest absolute Gasteiger partial charge is 0.479 e. The number of aliphatic hydroxyl groups excluding tert-OH is 2. The third-order valence-electron chi connectivity index (χ3n) is 13.0. The molecule has 69 heavy (non-hydrogen) atoms. The number of carbonyl (C=O) groups excluding carboxylic acids is 3. The number of aliphatic hydroxyl groups is 2. The fraction of sp³-hybridized carbons (Fsp3) is 0.860. The number of hydrogen-bond acceptors (Lipinski definition) is 11. The summed E-state index contributed by atoms with van der Waals surface area (Å²) in [5.74, 6) is -3.11. The molecule has 0 aromatic heterocycles. The SMILES string of the molecule is CCCC/C=C\CCCCCCCC(=O)OC1C(OCC(COC(=O)CCCCCCCCC/C=C\CCCCCCCC)OC(=O)CCCCCCCCCCCCC)OC(C(=O)O)C(O)C1O. The Balaban J connectivity index is 2.68. The van der Waals surface area contributed by atoms with E-state index in [-0.39, 0.29) is 25.9 Å². The average molecular weight is 979 g/mol. The van der Waals surface area contributed by atoms with Gasteiger partial charge in [0.05, 0.1) is 6.61 Å². The zero-order valence-corrected chi connectivity index (χ0v) is 44.1. The van der Waals surface area contributed by atoms with Crippen LogP contribution >= 0.6 is 0 Å². The Morgan fingerprint density at radius 1 is 0.464 bits per heavy atom. The summed E-state index contributed by atoms with van der Waals surface area (Å²) in [4.78, 5) is 50.9. The molecule has 0 spiro atoms. The highest BCUT2D eigenvalue weighted by molar-refractivity contribution is 5.74. The Bertz CT molecular complexity index is 1300. The van der Waals surface area contributed by atoms with Crippen LogP contribution in [0.2, 0.25) is 0 Å². The lowest BCUT2D eigenvalue weighted by Gasteiger charge is -2.40. The third kappa shape index (κ3) is 36.7. The van der Waals surface area contributed by atoms with E-state index in [0.717, 1.165) is 83.5 Å². The van der Waals surface area contributed by atoms with E-state index in [1.54, 1.807) is 0 Å². The van der Waals surface area contributed by atoms with Crippen molar-refractivity contribution in [2.75, 3.05) is 13.2 Å². The Morgan fingerprint density at radius 3 is 1.28 bits per heavy atom. The number of hydrogen-bond donors (Lipinski definition) is 3. The number of esters is 3. The Hall–Kier alpha value is -2.80. The molecule has 1 saturated heterocycles. The third-order valence-corrected chi connectivity index (χ3v) is 13.0. The van der Waals surface area contributed by atoms with Crippen LogP contribution in [-0.2, 0) is 42.9 Å². The summed E-state index contributed by atoms with van der Waals surface area (Å²) in [5.41, 5.74) is 0. The zero-order valence-electron chi connectivity index (χ0n) is 44.1. The zero-order chi connectivity index (χ0) is 50.4. The molecule has 1 fully saturated rings. The number of allylic oxidation sites excluding steroid dienone is 4. The first kappa shape index (κ1) is 64.2. The molecule has 0 aliphatic carbocycles. The minimum Gasteiger partial charge on any atom is -0.479 e. The highest BCUT2D eigenvalue weighted by Crippen LogP contribution is 2.26. The van der Waals surface area contributed by atoms with Crippen LogP contribution in [-0.4, -0.2) is 89.2 Å². The van der Waals surface area contributed by atoms with E-state index >= 15 is 0 Å². The van der Waals surface area contributed by atoms with Crippen LogP contribution in [0.15, 0.2) is 24.3 Å². The molecule has 12 nitrogen and oxygen atoms in total. The lowest BCUT2D eigenvalue weighted by Crippen LogP contribution is -2.61. The van der Waals surface area contributed by atoms with Crippen LogP contribution in [0.1, 0.15) is 265 Å². The summed E-state index contributed by atoms with van der Waals surface area (Å²) in [6, 6.07) is 0. The second kappa shape index (κ2) is 46.3. The summed E-state index contributed by atoms with van der Waals surface area (Å²) < 4.78 is 28.3. The van der Waals surface area contributed by atoms with Gasteiger partial charge in [0.1, 0.15) is 18.8 Å². The average Bonchev–Trinajstić information content (AvgIpc) is 3.33. The van der Waals surface area contributed by atoms with Gasteiger partial charge < -0.3 is 39.0 Å². The van der Waals surface area contributed by atoms with Gasteiger partial charge in [-0.3, -0.25) is 14.4 Å². The molecule has 0 amide bonds. The molecular formula is C57H102O12. The molecule has 6 atom stereocenters. The summed E-state index contributed by atoms with van der Waals surface area (Å²) in [7, 11) is 0. The number of ether oxygens (including phenoxy) is 5. The van der Waals surface area contributed by atoms with Gasteiger partial charge in [-0.2, -0.15) is 0 Å². The van der Waals surface area contributed by atoms with Crippen LogP contribution in [0.25, 0.3) is 0 Å².